The molecule has 5 heteroatoms. The predicted octanol–water partition coefficient (Wildman–Crippen LogP) is 1.33. The summed E-state index contributed by atoms with van der Waals surface area (Å²) in [6.45, 7) is 0. The average molecular weight is 203 g/mol. The van der Waals surface area contributed by atoms with Gasteiger partial charge in [-0.15, -0.1) is 4.48 Å². The molecule has 0 radical (unpaired) electrons. The Morgan fingerprint density at radius 3 is 2.31 bits per heavy atom. The van der Waals surface area contributed by atoms with Crippen molar-refractivity contribution in [1.82, 2.24) is 4.53 Å². The fourth-order valence-corrected chi connectivity index (χ4v) is 1.67. The van der Waals surface area contributed by atoms with Crippen LogP contribution in [0, 0.1) is 0 Å². The van der Waals surface area contributed by atoms with Crippen LogP contribution in [0.25, 0.3) is 0 Å². The zero-order valence-electron chi connectivity index (χ0n) is 7.14. The first-order chi connectivity index (χ1) is 6.02. The molecular weight excluding hydrogens is 193 g/mol. The van der Waals surface area contributed by atoms with Crippen molar-refractivity contribution in [2.75, 3.05) is 7.05 Å². The van der Waals surface area contributed by atoms with Gasteiger partial charge in [-0.2, -0.15) is 0 Å². The Morgan fingerprint density at radius 1 is 1.31 bits per heavy atom. The van der Waals surface area contributed by atoms with E-state index in [0.29, 0.717) is 5.56 Å². The summed E-state index contributed by atoms with van der Waals surface area (Å²) in [5.74, 6) is -0.305. The molecule has 0 unspecified atom stereocenters. The first-order valence-corrected chi connectivity index (χ1v) is 5.29. The van der Waals surface area contributed by atoms with Crippen LogP contribution in [0.2, 0.25) is 0 Å². The van der Waals surface area contributed by atoms with Gasteiger partial charge in [0.25, 0.3) is 0 Å². The number of hydrogen-bond donors (Lipinski definition) is 0. The molecule has 0 saturated heterocycles. The van der Waals surface area contributed by atoms with Gasteiger partial charge in [0.05, 0.1) is 5.75 Å². The predicted molar refractivity (Wildman–Crippen MR) is 47.9 cm³/mol. The van der Waals surface area contributed by atoms with Crippen LogP contribution in [0.1, 0.15) is 5.56 Å². The Labute approximate surface area is 76.8 Å². The third-order valence-electron chi connectivity index (χ3n) is 1.58. The van der Waals surface area contributed by atoms with E-state index in [0.717, 1.165) is 7.05 Å². The van der Waals surface area contributed by atoms with Crippen LogP contribution in [-0.4, -0.2) is 20.0 Å². The summed E-state index contributed by atoms with van der Waals surface area (Å²) in [5, 5.41) is 0. The van der Waals surface area contributed by atoms with Gasteiger partial charge in [-0.3, -0.25) is 0 Å². The van der Waals surface area contributed by atoms with Gasteiger partial charge in [-0.25, -0.2) is 8.42 Å². The highest BCUT2D eigenvalue weighted by atomic mass is 32.2. The normalized spacial score (nSPS) is 11.9. The molecule has 0 amide bonds. The zero-order chi connectivity index (χ0) is 9.90. The van der Waals surface area contributed by atoms with E-state index in [1.54, 1.807) is 30.3 Å². The van der Waals surface area contributed by atoms with Gasteiger partial charge in [-0.1, -0.05) is 30.3 Å². The van der Waals surface area contributed by atoms with Crippen molar-refractivity contribution < 1.29 is 12.9 Å². The second-order valence-electron chi connectivity index (χ2n) is 2.63. The van der Waals surface area contributed by atoms with Gasteiger partial charge < -0.3 is 0 Å². The van der Waals surface area contributed by atoms with Crippen LogP contribution in [-0.2, 0) is 15.8 Å². The van der Waals surface area contributed by atoms with Crippen molar-refractivity contribution in [3.05, 3.63) is 35.9 Å². The van der Waals surface area contributed by atoms with E-state index in [1.807, 2.05) is 0 Å². The molecule has 1 aromatic carbocycles. The molecule has 13 heavy (non-hydrogen) atoms. The van der Waals surface area contributed by atoms with E-state index in [4.69, 9.17) is 0 Å². The lowest BCUT2D eigenvalue weighted by atomic mass is 10.2. The molecule has 0 atom stereocenters. The summed E-state index contributed by atoms with van der Waals surface area (Å²) < 4.78 is 34.2. The summed E-state index contributed by atoms with van der Waals surface area (Å²) in [4.78, 5) is 0. The first kappa shape index (κ1) is 10.1. The van der Waals surface area contributed by atoms with Gasteiger partial charge >= 0.3 is 0 Å². The summed E-state index contributed by atoms with van der Waals surface area (Å²) in [7, 11) is -2.91. The number of benzene rings is 1. The minimum atomic E-state index is -3.78. The molecule has 0 fully saturated rings. The van der Waals surface area contributed by atoms with Crippen LogP contribution >= 0.6 is 0 Å². The summed E-state index contributed by atoms with van der Waals surface area (Å²) in [6, 6.07) is 8.48. The molecule has 0 spiro atoms. The van der Waals surface area contributed by atoms with Gasteiger partial charge in [0.2, 0.25) is 10.0 Å². The molecule has 72 valence electrons. The molecule has 3 nitrogen and oxygen atoms in total. The van der Waals surface area contributed by atoms with Gasteiger partial charge in [0.15, 0.2) is 0 Å². The molecule has 0 N–H and O–H groups in total. The van der Waals surface area contributed by atoms with Crippen molar-refractivity contribution in [2.45, 2.75) is 5.75 Å². The molecule has 0 aliphatic carbocycles. The lowest BCUT2D eigenvalue weighted by Gasteiger charge is -2.06. The van der Waals surface area contributed by atoms with Crippen molar-refractivity contribution in [1.29, 1.82) is 0 Å². The molecule has 0 aliphatic rings. The molecule has 0 aromatic heterocycles. The van der Waals surface area contributed by atoms with E-state index >= 15 is 0 Å². The van der Waals surface area contributed by atoms with Crippen LogP contribution in [0.15, 0.2) is 30.3 Å². The second kappa shape index (κ2) is 3.85. The lowest BCUT2D eigenvalue weighted by Crippen LogP contribution is -2.19. The Kier molecular flexibility index (Phi) is 3.00. The molecule has 0 aliphatic heterocycles. The molecule has 0 saturated carbocycles. The number of sulfonamides is 1. The van der Waals surface area contributed by atoms with Crippen molar-refractivity contribution >= 4 is 10.0 Å². The highest BCUT2D eigenvalue weighted by Gasteiger charge is 2.17. The number of rotatable bonds is 3. The van der Waals surface area contributed by atoms with E-state index in [1.165, 1.54) is 0 Å². The minimum absolute atomic E-state index is 0.264. The summed E-state index contributed by atoms with van der Waals surface area (Å²) in [6.07, 6.45) is 0. The van der Waals surface area contributed by atoms with Gasteiger partial charge in [0, 0.05) is 7.05 Å². The van der Waals surface area contributed by atoms with E-state index in [9.17, 15) is 12.9 Å². The largest absolute Gasteiger partial charge is 0.244 e. The molecule has 0 heterocycles. The average Bonchev–Trinajstić information content (AvgIpc) is 2.05. The molecule has 1 aromatic rings. The third kappa shape index (κ3) is 2.78. The fourth-order valence-electron chi connectivity index (χ4n) is 0.874. The third-order valence-corrected chi connectivity index (χ3v) is 3.04. The minimum Gasteiger partial charge on any atom is -0.210 e. The molecular formula is C8H10FNO2S. The number of hydrogen-bond acceptors (Lipinski definition) is 2. The Hall–Kier alpha value is -0.940. The van der Waals surface area contributed by atoms with E-state index in [-0.39, 0.29) is 10.3 Å². The highest BCUT2D eigenvalue weighted by molar-refractivity contribution is 7.88. The van der Waals surface area contributed by atoms with Crippen molar-refractivity contribution in [3.63, 3.8) is 0 Å². The van der Waals surface area contributed by atoms with Crippen molar-refractivity contribution in [3.8, 4) is 0 Å². The molecule has 0 bridgehead atoms. The SMILES string of the molecule is CN(F)S(=O)(=O)Cc1ccccc1. The number of nitrogens with zero attached hydrogens (tertiary/aromatic N) is 1. The molecule has 1 rings (SSSR count). The Bertz CT molecular complexity index is 361. The lowest BCUT2D eigenvalue weighted by molar-refractivity contribution is 0.178. The van der Waals surface area contributed by atoms with E-state index in [2.05, 4.69) is 0 Å². The Balaban J connectivity index is 2.82. The fraction of sp³-hybridized carbons (Fsp3) is 0.250. The first-order valence-electron chi connectivity index (χ1n) is 3.69. The second-order valence-corrected chi connectivity index (χ2v) is 4.59. The van der Waals surface area contributed by atoms with Crippen LogP contribution < -0.4 is 0 Å². The topological polar surface area (TPSA) is 37.4 Å². The van der Waals surface area contributed by atoms with Crippen LogP contribution in [0.4, 0.5) is 4.48 Å². The van der Waals surface area contributed by atoms with Gasteiger partial charge in [-0.05, 0) is 10.1 Å². The Morgan fingerprint density at radius 2 is 1.85 bits per heavy atom. The van der Waals surface area contributed by atoms with Crippen LogP contribution in [0.3, 0.4) is 0 Å². The van der Waals surface area contributed by atoms with Crippen molar-refractivity contribution in [2.24, 2.45) is 0 Å². The van der Waals surface area contributed by atoms with Gasteiger partial charge in [0.1, 0.15) is 0 Å². The zero-order valence-corrected chi connectivity index (χ0v) is 7.96. The maximum absolute atomic E-state index is 12.4. The standard InChI is InChI=1S/C8H10FNO2S/c1-10(9)13(11,12)7-8-5-3-2-4-6-8/h2-6H,7H2,1H3. The monoisotopic (exact) mass is 203 g/mol. The summed E-state index contributed by atoms with van der Waals surface area (Å²) in [5.41, 5.74) is 0.576. The quantitative estimate of drug-likeness (QED) is 0.695. The van der Waals surface area contributed by atoms with E-state index < -0.39 is 10.0 Å². The maximum atomic E-state index is 12.4. The van der Waals surface area contributed by atoms with Crippen LogP contribution in [0.5, 0.6) is 0 Å². The smallest absolute Gasteiger partial charge is 0.210 e. The maximum Gasteiger partial charge on any atom is 0.244 e. The summed E-state index contributed by atoms with van der Waals surface area (Å²) >= 11 is 0. The number of halogens is 1. The highest BCUT2D eigenvalue weighted by Crippen LogP contribution is 2.08.